The van der Waals surface area contributed by atoms with Crippen LogP contribution < -0.4 is 0 Å². The predicted octanol–water partition coefficient (Wildman–Crippen LogP) is 2.51. The lowest BCUT2D eigenvalue weighted by Crippen LogP contribution is -1.58. The second-order valence-electron chi connectivity index (χ2n) is 2.32. The molecule has 0 amide bonds. The maximum atomic E-state index is 5.54. The number of rotatable bonds is 0. The summed E-state index contributed by atoms with van der Waals surface area (Å²) in [5.41, 5.74) is 0. The van der Waals surface area contributed by atoms with Crippen molar-refractivity contribution in [2.75, 3.05) is 0 Å². The van der Waals surface area contributed by atoms with Gasteiger partial charge >= 0.3 is 23.1 Å². The van der Waals surface area contributed by atoms with Crippen LogP contribution in [0.25, 0.3) is 0 Å². The third kappa shape index (κ3) is 6.89. The Bertz CT molecular complexity index is 286. The van der Waals surface area contributed by atoms with Crippen molar-refractivity contribution in [1.82, 2.24) is 4.98 Å². The summed E-state index contributed by atoms with van der Waals surface area (Å²) >= 11 is 5.54. The van der Waals surface area contributed by atoms with Crippen molar-refractivity contribution < 1.29 is 0 Å². The summed E-state index contributed by atoms with van der Waals surface area (Å²) in [6, 6.07) is 15.2. The minimum atomic E-state index is 0. The van der Waals surface area contributed by atoms with E-state index < -0.39 is 0 Å². The quantitative estimate of drug-likeness (QED) is 0.619. The van der Waals surface area contributed by atoms with Crippen LogP contribution in [-0.2, 0) is 0 Å². The molecule has 0 aliphatic carbocycles. The fourth-order valence-electron chi connectivity index (χ4n) is 0.727. The van der Waals surface area contributed by atoms with Gasteiger partial charge in [0.05, 0.1) is 0 Å². The van der Waals surface area contributed by atoms with E-state index in [0.29, 0.717) is 0 Å². The maximum Gasteiger partial charge on any atom is 0.316 e. The van der Waals surface area contributed by atoms with Crippen LogP contribution >= 0.6 is 11.6 Å². The molecule has 0 atom stereocenters. The van der Waals surface area contributed by atoms with E-state index in [0.717, 1.165) is 5.02 Å². The Labute approximate surface area is 105 Å². The third-order valence-electron chi connectivity index (χ3n) is 1.30. The molecular weight excluding hydrogens is 206 g/mol. The second kappa shape index (κ2) is 9.00. The minimum absolute atomic E-state index is 0. The summed E-state index contributed by atoms with van der Waals surface area (Å²) < 4.78 is 0. The van der Waals surface area contributed by atoms with E-state index >= 15 is 0 Å². The largest absolute Gasteiger partial charge is 0.316 e. The summed E-state index contributed by atoms with van der Waals surface area (Å²) in [6.45, 7) is 0. The summed E-state index contributed by atoms with van der Waals surface area (Å²) in [4.78, 5) is 3.78. The van der Waals surface area contributed by atoms with Crippen LogP contribution in [0.1, 0.15) is 0 Å². The molecule has 2 aromatic rings. The van der Waals surface area contributed by atoms with Crippen molar-refractivity contribution in [2.45, 2.75) is 0 Å². The van der Waals surface area contributed by atoms with Crippen LogP contribution in [0, 0.1) is 0 Å². The molecule has 1 aromatic carbocycles. The fraction of sp³-hybridized carbons (Fsp3) is 0. The summed E-state index contributed by atoms with van der Waals surface area (Å²) in [5.74, 6) is 0. The summed E-state index contributed by atoms with van der Waals surface area (Å²) in [5, 5.41) is 0.794. The lowest BCUT2D eigenvalue weighted by atomic mass is 10.4. The van der Waals surface area contributed by atoms with E-state index in [1.165, 1.54) is 0 Å². The zero-order valence-electron chi connectivity index (χ0n) is 7.10. The first-order valence-corrected chi connectivity index (χ1v) is 4.33. The van der Waals surface area contributed by atoms with Gasteiger partial charge in [0, 0.05) is 17.4 Å². The SMILES string of the molecule is Clc1ccccc1.[MgH2].c1ccncc1. The highest BCUT2D eigenvalue weighted by Crippen LogP contribution is 2.03. The van der Waals surface area contributed by atoms with E-state index in [4.69, 9.17) is 11.6 Å². The minimum Gasteiger partial charge on any atom is -0.265 e. The van der Waals surface area contributed by atoms with Crippen LogP contribution in [0.4, 0.5) is 0 Å². The number of hydrogen-bond acceptors (Lipinski definition) is 1. The average molecular weight is 218 g/mol. The Balaban J connectivity index is 0.000000227. The Morgan fingerprint density at radius 1 is 0.786 bits per heavy atom. The van der Waals surface area contributed by atoms with Gasteiger partial charge in [0.1, 0.15) is 0 Å². The van der Waals surface area contributed by atoms with Crippen molar-refractivity contribution in [3.8, 4) is 0 Å². The molecule has 0 unspecified atom stereocenters. The van der Waals surface area contributed by atoms with Gasteiger partial charge in [-0.2, -0.15) is 0 Å². The van der Waals surface area contributed by atoms with E-state index in [1.54, 1.807) is 12.4 Å². The molecule has 0 saturated heterocycles. The van der Waals surface area contributed by atoms with E-state index in [2.05, 4.69) is 4.98 Å². The molecule has 0 fully saturated rings. The lowest BCUT2D eigenvalue weighted by Gasteiger charge is -1.80. The molecule has 0 aliphatic rings. The normalized spacial score (nSPS) is 7.79. The number of halogens is 1. The van der Waals surface area contributed by atoms with Crippen molar-refractivity contribution in [2.24, 2.45) is 0 Å². The van der Waals surface area contributed by atoms with E-state index in [-0.39, 0.29) is 23.1 Å². The van der Waals surface area contributed by atoms with Crippen LogP contribution in [0.15, 0.2) is 60.9 Å². The van der Waals surface area contributed by atoms with Gasteiger partial charge in [-0.15, -0.1) is 0 Å². The first kappa shape index (κ1) is 13.4. The lowest BCUT2D eigenvalue weighted by molar-refractivity contribution is 1.33. The van der Waals surface area contributed by atoms with Gasteiger partial charge in [-0.3, -0.25) is 4.98 Å². The number of hydrogen-bond donors (Lipinski definition) is 0. The third-order valence-corrected chi connectivity index (χ3v) is 1.55. The highest BCUT2D eigenvalue weighted by molar-refractivity contribution is 6.30. The van der Waals surface area contributed by atoms with Gasteiger partial charge in [-0.05, 0) is 24.3 Å². The van der Waals surface area contributed by atoms with Gasteiger partial charge in [-0.1, -0.05) is 35.9 Å². The molecular formula is C11H12ClMgN. The molecule has 1 aromatic heterocycles. The fourth-order valence-corrected chi connectivity index (χ4v) is 0.873. The Morgan fingerprint density at radius 3 is 1.50 bits per heavy atom. The first-order chi connectivity index (χ1) is 6.39. The van der Waals surface area contributed by atoms with Crippen LogP contribution in [0.5, 0.6) is 0 Å². The highest BCUT2D eigenvalue weighted by Gasteiger charge is 1.74. The van der Waals surface area contributed by atoms with Crippen LogP contribution in [0.3, 0.4) is 0 Å². The van der Waals surface area contributed by atoms with Gasteiger partial charge in [-0.25, -0.2) is 0 Å². The molecule has 0 aliphatic heterocycles. The topological polar surface area (TPSA) is 12.9 Å². The smallest absolute Gasteiger partial charge is 0.265 e. The van der Waals surface area contributed by atoms with Gasteiger partial charge in [0.25, 0.3) is 0 Å². The maximum absolute atomic E-state index is 5.54. The molecule has 0 radical (unpaired) electrons. The number of nitrogens with zero attached hydrogens (tertiary/aromatic N) is 1. The van der Waals surface area contributed by atoms with Gasteiger partial charge in [0.15, 0.2) is 0 Å². The van der Waals surface area contributed by atoms with Gasteiger partial charge < -0.3 is 0 Å². The summed E-state index contributed by atoms with van der Waals surface area (Å²) in [7, 11) is 0. The number of benzene rings is 1. The van der Waals surface area contributed by atoms with Crippen molar-refractivity contribution >= 4 is 34.7 Å². The van der Waals surface area contributed by atoms with Crippen LogP contribution in [0.2, 0.25) is 5.02 Å². The molecule has 0 N–H and O–H groups in total. The standard InChI is InChI=1S/C6H5Cl.C5H5N.Mg.2H/c7-6-4-2-1-3-5-6;1-2-4-6-5-3-1;;;/h1-5H;1-5H;;;. The van der Waals surface area contributed by atoms with Gasteiger partial charge in [0.2, 0.25) is 0 Å². The van der Waals surface area contributed by atoms with E-state index in [1.807, 2.05) is 48.5 Å². The summed E-state index contributed by atoms with van der Waals surface area (Å²) in [6.07, 6.45) is 3.50. The number of aromatic nitrogens is 1. The zero-order chi connectivity index (χ0) is 9.36. The monoisotopic (exact) mass is 217 g/mol. The molecule has 2 rings (SSSR count). The predicted molar refractivity (Wildman–Crippen MR) is 64.2 cm³/mol. The molecule has 0 saturated carbocycles. The Hall–Kier alpha value is -0.574. The Kier molecular flexibility index (Phi) is 8.63. The highest BCUT2D eigenvalue weighted by atomic mass is 35.5. The Morgan fingerprint density at radius 2 is 1.29 bits per heavy atom. The van der Waals surface area contributed by atoms with Crippen molar-refractivity contribution in [1.29, 1.82) is 0 Å². The molecule has 1 nitrogen and oxygen atoms in total. The van der Waals surface area contributed by atoms with E-state index in [9.17, 15) is 0 Å². The molecule has 0 spiro atoms. The number of pyridine rings is 1. The first-order valence-electron chi connectivity index (χ1n) is 3.95. The van der Waals surface area contributed by atoms with Crippen molar-refractivity contribution in [3.63, 3.8) is 0 Å². The molecule has 14 heavy (non-hydrogen) atoms. The second-order valence-corrected chi connectivity index (χ2v) is 2.76. The zero-order valence-corrected chi connectivity index (χ0v) is 7.85. The molecule has 3 heteroatoms. The van der Waals surface area contributed by atoms with Crippen LogP contribution in [-0.4, -0.2) is 28.0 Å². The average Bonchev–Trinajstić information content (AvgIpc) is 2.22. The molecule has 0 bridgehead atoms. The molecule has 70 valence electrons. The van der Waals surface area contributed by atoms with Crippen molar-refractivity contribution in [3.05, 3.63) is 65.9 Å². The molecule has 1 heterocycles.